The lowest BCUT2D eigenvalue weighted by Crippen LogP contribution is -2.06. The minimum absolute atomic E-state index is 0.0882. The van der Waals surface area contributed by atoms with Crippen LogP contribution in [-0.2, 0) is 11.3 Å². The Hall–Kier alpha value is -0.970. The summed E-state index contributed by atoms with van der Waals surface area (Å²) in [6.45, 7) is 9.40. The summed E-state index contributed by atoms with van der Waals surface area (Å²) in [5, 5.41) is 14.3. The highest BCUT2D eigenvalue weighted by molar-refractivity contribution is 7.99. The Kier molecular flexibility index (Phi) is 5.72. The first-order valence-corrected chi connectivity index (χ1v) is 7.31. The molecule has 1 heterocycles. The Balaban J connectivity index is 2.79. The number of carboxylic acid groups (broad SMARTS) is 1. The fourth-order valence-electron chi connectivity index (χ4n) is 1.49. The highest BCUT2D eigenvalue weighted by atomic mass is 32.2. The summed E-state index contributed by atoms with van der Waals surface area (Å²) in [5.74, 6) is 0.288. The molecule has 1 aromatic rings. The van der Waals surface area contributed by atoms with Gasteiger partial charge in [0.1, 0.15) is 0 Å². The van der Waals surface area contributed by atoms with Gasteiger partial charge in [0.05, 0.1) is 16.5 Å². The standard InChI is InChI=1S/C13H22N2O2S/c1-9(2)5-6-15-12(18-8-13(16)17)7-11(14-15)10(3)4/h7,9-10H,5-6,8H2,1-4H3,(H,16,17). The van der Waals surface area contributed by atoms with Gasteiger partial charge in [0.2, 0.25) is 0 Å². The molecule has 0 bridgehead atoms. The van der Waals surface area contributed by atoms with Crippen LogP contribution in [0.3, 0.4) is 0 Å². The molecule has 0 aliphatic rings. The molecule has 0 atom stereocenters. The molecule has 0 amide bonds. The van der Waals surface area contributed by atoms with Crippen LogP contribution in [0.25, 0.3) is 0 Å². The van der Waals surface area contributed by atoms with Crippen LogP contribution < -0.4 is 0 Å². The zero-order valence-corrected chi connectivity index (χ0v) is 12.3. The first-order valence-electron chi connectivity index (χ1n) is 6.32. The second-order valence-corrected chi connectivity index (χ2v) is 6.15. The van der Waals surface area contributed by atoms with Gasteiger partial charge in [-0.25, -0.2) is 0 Å². The Bertz CT molecular complexity index is 400. The van der Waals surface area contributed by atoms with E-state index in [1.54, 1.807) is 0 Å². The van der Waals surface area contributed by atoms with Gasteiger partial charge in [-0.3, -0.25) is 9.48 Å². The van der Waals surface area contributed by atoms with Gasteiger partial charge in [0.15, 0.2) is 0 Å². The molecule has 18 heavy (non-hydrogen) atoms. The van der Waals surface area contributed by atoms with Crippen molar-refractivity contribution in [2.24, 2.45) is 5.92 Å². The van der Waals surface area contributed by atoms with Crippen molar-refractivity contribution in [3.8, 4) is 0 Å². The molecule has 0 aliphatic heterocycles. The van der Waals surface area contributed by atoms with Crippen molar-refractivity contribution in [3.05, 3.63) is 11.8 Å². The van der Waals surface area contributed by atoms with Crippen LogP contribution in [0.15, 0.2) is 11.1 Å². The Morgan fingerprint density at radius 1 is 1.44 bits per heavy atom. The molecule has 1 rings (SSSR count). The average Bonchev–Trinajstić information content (AvgIpc) is 2.66. The predicted molar refractivity (Wildman–Crippen MR) is 74.1 cm³/mol. The van der Waals surface area contributed by atoms with Crippen molar-refractivity contribution in [2.75, 3.05) is 5.75 Å². The van der Waals surface area contributed by atoms with E-state index in [0.717, 1.165) is 23.7 Å². The van der Waals surface area contributed by atoms with Gasteiger partial charge < -0.3 is 5.11 Å². The van der Waals surface area contributed by atoms with Gasteiger partial charge >= 0.3 is 5.97 Å². The summed E-state index contributed by atoms with van der Waals surface area (Å²) >= 11 is 1.35. The minimum Gasteiger partial charge on any atom is -0.481 e. The largest absolute Gasteiger partial charge is 0.481 e. The monoisotopic (exact) mass is 270 g/mol. The number of aromatic nitrogens is 2. The Morgan fingerprint density at radius 3 is 2.61 bits per heavy atom. The van der Waals surface area contributed by atoms with E-state index in [2.05, 4.69) is 32.8 Å². The van der Waals surface area contributed by atoms with Crippen LogP contribution in [0, 0.1) is 5.92 Å². The first-order chi connectivity index (χ1) is 8.40. The molecule has 0 radical (unpaired) electrons. The van der Waals surface area contributed by atoms with Crippen LogP contribution in [0.2, 0.25) is 0 Å². The minimum atomic E-state index is -0.789. The summed E-state index contributed by atoms with van der Waals surface area (Å²) in [6.07, 6.45) is 1.06. The Labute approximate surface area is 113 Å². The first kappa shape index (κ1) is 15.1. The summed E-state index contributed by atoms with van der Waals surface area (Å²) in [7, 11) is 0. The molecule has 1 N–H and O–H groups in total. The lowest BCUT2D eigenvalue weighted by atomic mass is 10.1. The van der Waals surface area contributed by atoms with E-state index in [1.807, 2.05) is 10.7 Å². The normalized spacial score (nSPS) is 11.4. The molecule has 5 heteroatoms. The molecule has 102 valence electrons. The number of carboxylic acids is 1. The van der Waals surface area contributed by atoms with Crippen LogP contribution in [0.5, 0.6) is 0 Å². The highest BCUT2D eigenvalue weighted by Crippen LogP contribution is 2.23. The number of aryl methyl sites for hydroxylation is 1. The van der Waals surface area contributed by atoms with Crippen molar-refractivity contribution in [1.29, 1.82) is 0 Å². The lowest BCUT2D eigenvalue weighted by molar-refractivity contribution is -0.133. The van der Waals surface area contributed by atoms with Crippen LogP contribution in [0.1, 0.15) is 45.7 Å². The molecule has 0 fully saturated rings. The van der Waals surface area contributed by atoms with Gasteiger partial charge in [0, 0.05) is 6.54 Å². The molecule has 1 aromatic heterocycles. The zero-order valence-electron chi connectivity index (χ0n) is 11.5. The molecular formula is C13H22N2O2S. The van der Waals surface area contributed by atoms with E-state index in [-0.39, 0.29) is 5.75 Å². The molecule has 0 saturated heterocycles. The van der Waals surface area contributed by atoms with E-state index < -0.39 is 5.97 Å². The lowest BCUT2D eigenvalue weighted by Gasteiger charge is -2.08. The zero-order chi connectivity index (χ0) is 13.7. The van der Waals surface area contributed by atoms with Crippen LogP contribution in [-0.4, -0.2) is 26.6 Å². The van der Waals surface area contributed by atoms with Gasteiger partial charge in [0.25, 0.3) is 0 Å². The average molecular weight is 270 g/mol. The van der Waals surface area contributed by atoms with Crippen LogP contribution >= 0.6 is 11.8 Å². The number of rotatable bonds is 7. The molecule has 0 saturated carbocycles. The number of hydrogen-bond acceptors (Lipinski definition) is 3. The fourth-order valence-corrected chi connectivity index (χ4v) is 2.25. The summed E-state index contributed by atoms with van der Waals surface area (Å²) in [5.41, 5.74) is 1.03. The van der Waals surface area contributed by atoms with Crippen molar-refractivity contribution in [2.45, 2.75) is 51.6 Å². The van der Waals surface area contributed by atoms with Crippen molar-refractivity contribution in [1.82, 2.24) is 9.78 Å². The van der Waals surface area contributed by atoms with E-state index in [0.29, 0.717) is 11.8 Å². The molecule has 0 aliphatic carbocycles. The summed E-state index contributed by atoms with van der Waals surface area (Å²) in [6, 6.07) is 2.01. The number of thioether (sulfide) groups is 1. The van der Waals surface area contributed by atoms with Gasteiger partial charge in [-0.15, -0.1) is 0 Å². The summed E-state index contributed by atoms with van der Waals surface area (Å²) < 4.78 is 1.95. The second-order valence-electron chi connectivity index (χ2n) is 5.15. The van der Waals surface area contributed by atoms with Gasteiger partial charge in [-0.2, -0.15) is 5.10 Å². The maximum atomic E-state index is 10.6. The van der Waals surface area contributed by atoms with E-state index in [4.69, 9.17) is 5.11 Å². The van der Waals surface area contributed by atoms with E-state index in [1.165, 1.54) is 11.8 Å². The van der Waals surface area contributed by atoms with E-state index >= 15 is 0 Å². The number of hydrogen-bond donors (Lipinski definition) is 1. The topological polar surface area (TPSA) is 55.1 Å². The van der Waals surface area contributed by atoms with Gasteiger partial charge in [-0.05, 0) is 24.3 Å². The maximum absolute atomic E-state index is 10.6. The number of carbonyl (C=O) groups is 1. The van der Waals surface area contributed by atoms with Crippen LogP contribution in [0.4, 0.5) is 0 Å². The third-order valence-electron chi connectivity index (χ3n) is 2.62. The SMILES string of the molecule is CC(C)CCn1nc(C(C)C)cc1SCC(=O)O. The smallest absolute Gasteiger partial charge is 0.313 e. The highest BCUT2D eigenvalue weighted by Gasteiger charge is 2.12. The third-order valence-corrected chi connectivity index (χ3v) is 3.63. The third kappa shape index (κ3) is 4.72. The molecule has 4 nitrogen and oxygen atoms in total. The molecule has 0 aromatic carbocycles. The van der Waals surface area contributed by atoms with Crippen molar-refractivity contribution < 1.29 is 9.90 Å². The predicted octanol–water partition coefficient (Wildman–Crippen LogP) is 3.23. The molecule has 0 unspecified atom stereocenters. The van der Waals surface area contributed by atoms with Crippen molar-refractivity contribution in [3.63, 3.8) is 0 Å². The second kappa shape index (κ2) is 6.83. The molecular weight excluding hydrogens is 248 g/mol. The number of aliphatic carboxylic acids is 1. The summed E-state index contributed by atoms with van der Waals surface area (Å²) in [4.78, 5) is 10.6. The van der Waals surface area contributed by atoms with E-state index in [9.17, 15) is 4.79 Å². The van der Waals surface area contributed by atoms with Gasteiger partial charge in [-0.1, -0.05) is 39.5 Å². The quantitative estimate of drug-likeness (QED) is 0.773. The Morgan fingerprint density at radius 2 is 2.11 bits per heavy atom. The fraction of sp³-hybridized carbons (Fsp3) is 0.692. The number of nitrogens with zero attached hydrogens (tertiary/aromatic N) is 2. The molecule has 0 spiro atoms. The van der Waals surface area contributed by atoms with Crippen molar-refractivity contribution >= 4 is 17.7 Å². The maximum Gasteiger partial charge on any atom is 0.313 e.